The zero-order valence-electron chi connectivity index (χ0n) is 18.2. The minimum Gasteiger partial charge on any atom is -0.271 e. The maximum absolute atomic E-state index is 13.3. The summed E-state index contributed by atoms with van der Waals surface area (Å²) in [7, 11) is -4.32. The van der Waals surface area contributed by atoms with Gasteiger partial charge in [-0.25, -0.2) is 13.8 Å². The number of nitrogens with zero attached hydrogens (tertiary/aromatic N) is 2. The highest BCUT2D eigenvalue weighted by molar-refractivity contribution is 7.92. The third-order valence-electron chi connectivity index (χ3n) is 5.38. The molecule has 1 amide bonds. The minimum absolute atomic E-state index is 0.131. The van der Waals surface area contributed by atoms with Gasteiger partial charge >= 0.3 is 6.18 Å². The van der Waals surface area contributed by atoms with Crippen LogP contribution in [0.15, 0.2) is 58.5 Å². The van der Waals surface area contributed by atoms with Crippen molar-refractivity contribution in [3.05, 3.63) is 59.7 Å². The fraction of sp³-hybridized carbons (Fsp3) is 0.391. The number of amides is 1. The molecule has 1 fully saturated rings. The summed E-state index contributed by atoms with van der Waals surface area (Å²) in [4.78, 5) is 12.5. The molecule has 10 heteroatoms. The number of nitrogens with one attached hydrogen (secondary N) is 1. The van der Waals surface area contributed by atoms with Crippen molar-refractivity contribution in [2.24, 2.45) is 5.10 Å². The SMILES string of the molecule is Cc1ccc(S(=O)(=O)N(CC(=O)NN=C2CCCCCC2)c2cccc(C(F)(F)F)c2)cc1. The van der Waals surface area contributed by atoms with Gasteiger partial charge in [-0.1, -0.05) is 36.6 Å². The lowest BCUT2D eigenvalue weighted by Gasteiger charge is -2.24. The molecule has 1 aliphatic carbocycles. The fourth-order valence-electron chi connectivity index (χ4n) is 3.55. The molecule has 33 heavy (non-hydrogen) atoms. The average molecular weight is 482 g/mol. The van der Waals surface area contributed by atoms with Crippen molar-refractivity contribution in [2.45, 2.75) is 56.5 Å². The van der Waals surface area contributed by atoms with Gasteiger partial charge in [0.25, 0.3) is 15.9 Å². The second-order valence-corrected chi connectivity index (χ2v) is 9.86. The Morgan fingerprint density at radius 3 is 2.27 bits per heavy atom. The van der Waals surface area contributed by atoms with E-state index in [0.717, 1.165) is 68.0 Å². The Balaban J connectivity index is 1.92. The van der Waals surface area contributed by atoms with Crippen molar-refractivity contribution in [3.8, 4) is 0 Å². The molecule has 0 atom stereocenters. The van der Waals surface area contributed by atoms with Crippen LogP contribution in [-0.2, 0) is 21.0 Å². The summed E-state index contributed by atoms with van der Waals surface area (Å²) in [6.07, 6.45) is 0.942. The second kappa shape index (κ2) is 10.4. The molecule has 1 N–H and O–H groups in total. The van der Waals surface area contributed by atoms with Crippen LogP contribution < -0.4 is 9.73 Å². The molecule has 0 radical (unpaired) electrons. The number of rotatable bonds is 6. The number of benzene rings is 2. The molecule has 0 aromatic heterocycles. The van der Waals surface area contributed by atoms with E-state index in [0.29, 0.717) is 4.31 Å². The van der Waals surface area contributed by atoms with Crippen LogP contribution in [0.4, 0.5) is 18.9 Å². The molecule has 178 valence electrons. The first-order chi connectivity index (χ1) is 15.6. The third kappa shape index (κ3) is 6.56. The lowest BCUT2D eigenvalue weighted by molar-refractivity contribution is -0.137. The molecule has 0 aliphatic heterocycles. The minimum atomic E-state index is -4.66. The summed E-state index contributed by atoms with van der Waals surface area (Å²) in [5, 5.41) is 4.13. The molecule has 6 nitrogen and oxygen atoms in total. The number of carbonyl (C=O) groups is 1. The molecule has 0 heterocycles. The maximum atomic E-state index is 13.3. The quantitative estimate of drug-likeness (QED) is 0.464. The summed E-state index contributed by atoms with van der Waals surface area (Å²) in [6.45, 7) is 1.06. The number of aryl methyl sites for hydroxylation is 1. The van der Waals surface area contributed by atoms with Crippen LogP contribution in [-0.4, -0.2) is 26.6 Å². The monoisotopic (exact) mass is 481 g/mol. The first-order valence-electron chi connectivity index (χ1n) is 10.7. The lowest BCUT2D eigenvalue weighted by atomic mass is 10.2. The first kappa shape index (κ1) is 24.8. The lowest BCUT2D eigenvalue weighted by Crippen LogP contribution is -2.40. The van der Waals surface area contributed by atoms with Crippen LogP contribution in [0.2, 0.25) is 0 Å². The van der Waals surface area contributed by atoms with E-state index in [-0.39, 0.29) is 10.6 Å². The van der Waals surface area contributed by atoms with Crippen molar-refractivity contribution < 1.29 is 26.4 Å². The zero-order chi connectivity index (χ0) is 24.1. The van der Waals surface area contributed by atoms with Gasteiger partial charge in [0.15, 0.2) is 0 Å². The Labute approximate surface area is 191 Å². The second-order valence-electron chi connectivity index (χ2n) is 8.00. The summed E-state index contributed by atoms with van der Waals surface area (Å²) in [5.41, 5.74) is 2.75. The smallest absolute Gasteiger partial charge is 0.271 e. The van der Waals surface area contributed by atoms with E-state index in [4.69, 9.17) is 0 Å². The van der Waals surface area contributed by atoms with E-state index in [1.807, 2.05) is 0 Å². The summed E-state index contributed by atoms with van der Waals surface area (Å²) in [6, 6.07) is 9.77. The van der Waals surface area contributed by atoms with Crippen molar-refractivity contribution >= 4 is 27.3 Å². The Bertz CT molecular complexity index is 1100. The topological polar surface area (TPSA) is 78.8 Å². The molecule has 2 aromatic carbocycles. The number of hydrogen-bond acceptors (Lipinski definition) is 4. The molecular formula is C23H26F3N3O3S. The van der Waals surface area contributed by atoms with Crippen molar-refractivity contribution in [1.82, 2.24) is 5.43 Å². The van der Waals surface area contributed by atoms with Gasteiger partial charge in [-0.3, -0.25) is 9.10 Å². The van der Waals surface area contributed by atoms with Gasteiger partial charge in [0.05, 0.1) is 16.1 Å². The highest BCUT2D eigenvalue weighted by Gasteiger charge is 2.33. The molecule has 1 saturated carbocycles. The van der Waals surface area contributed by atoms with E-state index < -0.39 is 34.2 Å². The highest BCUT2D eigenvalue weighted by atomic mass is 32.2. The van der Waals surface area contributed by atoms with E-state index in [2.05, 4.69) is 10.5 Å². The summed E-state index contributed by atoms with van der Waals surface area (Å²) >= 11 is 0. The number of sulfonamides is 1. The molecular weight excluding hydrogens is 455 g/mol. The Hall–Kier alpha value is -2.88. The van der Waals surface area contributed by atoms with Gasteiger partial charge in [-0.2, -0.15) is 18.3 Å². The molecule has 0 unspecified atom stereocenters. The van der Waals surface area contributed by atoms with Crippen LogP contribution >= 0.6 is 0 Å². The van der Waals surface area contributed by atoms with Gasteiger partial charge in [0.1, 0.15) is 6.54 Å². The van der Waals surface area contributed by atoms with Crippen molar-refractivity contribution in [3.63, 3.8) is 0 Å². The van der Waals surface area contributed by atoms with E-state index >= 15 is 0 Å². The van der Waals surface area contributed by atoms with Crippen molar-refractivity contribution in [2.75, 3.05) is 10.8 Å². The maximum Gasteiger partial charge on any atom is 0.416 e. The average Bonchev–Trinajstić information content (AvgIpc) is 3.05. The Kier molecular flexibility index (Phi) is 7.78. The molecule has 1 aliphatic rings. The number of hydrogen-bond donors (Lipinski definition) is 1. The van der Waals surface area contributed by atoms with E-state index in [1.165, 1.54) is 18.2 Å². The van der Waals surface area contributed by atoms with Gasteiger partial charge in [0.2, 0.25) is 0 Å². The molecule has 3 rings (SSSR count). The van der Waals surface area contributed by atoms with Gasteiger partial charge in [-0.15, -0.1) is 0 Å². The first-order valence-corrected chi connectivity index (χ1v) is 12.1. The van der Waals surface area contributed by atoms with Crippen LogP contribution in [0.25, 0.3) is 0 Å². The zero-order valence-corrected chi connectivity index (χ0v) is 19.0. The van der Waals surface area contributed by atoms with Crippen LogP contribution in [0.1, 0.15) is 49.7 Å². The number of carbonyl (C=O) groups excluding carboxylic acids is 1. The number of anilines is 1. The number of hydrazone groups is 1. The predicted octanol–water partition coefficient (Wildman–Crippen LogP) is 5.04. The number of halogens is 3. The Morgan fingerprint density at radius 1 is 1.03 bits per heavy atom. The third-order valence-corrected chi connectivity index (χ3v) is 7.17. The highest BCUT2D eigenvalue weighted by Crippen LogP contribution is 2.33. The largest absolute Gasteiger partial charge is 0.416 e. The molecule has 0 saturated heterocycles. The number of alkyl halides is 3. The standard InChI is InChI=1S/C23H26F3N3O3S/c1-17-11-13-21(14-12-17)33(31,32)29(20-10-6-7-18(15-20)23(24,25)26)16-22(30)28-27-19-8-4-2-3-5-9-19/h6-7,10-15H,2-5,8-9,16H2,1H3,(H,28,30). The van der Waals surface area contributed by atoms with E-state index in [1.54, 1.807) is 19.1 Å². The predicted molar refractivity (Wildman–Crippen MR) is 120 cm³/mol. The summed E-state index contributed by atoms with van der Waals surface area (Å²) < 4.78 is 67.1. The normalized spacial score (nSPS) is 15.0. The van der Waals surface area contributed by atoms with Gasteiger partial charge < -0.3 is 0 Å². The van der Waals surface area contributed by atoms with Crippen LogP contribution in [0, 0.1) is 6.92 Å². The van der Waals surface area contributed by atoms with E-state index in [9.17, 15) is 26.4 Å². The molecule has 0 spiro atoms. The van der Waals surface area contributed by atoms with Crippen LogP contribution in [0.3, 0.4) is 0 Å². The molecule has 0 bridgehead atoms. The molecule has 2 aromatic rings. The van der Waals surface area contributed by atoms with Crippen molar-refractivity contribution in [1.29, 1.82) is 0 Å². The summed E-state index contributed by atoms with van der Waals surface area (Å²) in [5.74, 6) is -0.736. The fourth-order valence-corrected chi connectivity index (χ4v) is 4.96. The van der Waals surface area contributed by atoms with Crippen LogP contribution in [0.5, 0.6) is 0 Å². The van der Waals surface area contributed by atoms with Gasteiger partial charge in [0, 0.05) is 5.71 Å². The Morgan fingerprint density at radius 2 is 1.67 bits per heavy atom. The van der Waals surface area contributed by atoms with Gasteiger partial charge in [-0.05, 0) is 62.9 Å².